The Kier molecular flexibility index (Phi) is 3.14. The summed E-state index contributed by atoms with van der Waals surface area (Å²) >= 11 is 0. The lowest BCUT2D eigenvalue weighted by Gasteiger charge is -2.19. The molecule has 0 amide bonds. The summed E-state index contributed by atoms with van der Waals surface area (Å²) in [6.07, 6.45) is 0.574. The maximum absolute atomic E-state index is 13.5. The van der Waals surface area contributed by atoms with Crippen molar-refractivity contribution in [2.24, 2.45) is 0 Å². The van der Waals surface area contributed by atoms with E-state index in [4.69, 9.17) is 0 Å². The Morgan fingerprint density at radius 2 is 2.04 bits per heavy atom. The molecule has 0 unspecified atom stereocenters. The average molecular weight is 346 g/mol. The minimum Gasteiger partial charge on any atom is -0.281 e. The SMILES string of the molecule is Cc1n[nH]c(C)c1S(=O)(=O)N1CCc2cc3ccc(F)cc3nc21. The molecule has 0 saturated heterocycles. The number of rotatable bonds is 2. The van der Waals surface area contributed by atoms with Crippen LogP contribution >= 0.6 is 0 Å². The number of H-pyrrole nitrogens is 1. The summed E-state index contributed by atoms with van der Waals surface area (Å²) < 4.78 is 40.9. The van der Waals surface area contributed by atoms with E-state index in [0.717, 1.165) is 10.9 Å². The molecule has 3 aromatic rings. The van der Waals surface area contributed by atoms with Gasteiger partial charge in [-0.15, -0.1) is 0 Å². The standard InChI is InChI=1S/C16H15FN4O2S/c1-9-15(10(2)20-19-9)24(22,23)21-6-5-12-7-11-3-4-13(17)8-14(11)18-16(12)21/h3-4,7-8H,5-6H2,1-2H3,(H,19,20). The highest BCUT2D eigenvalue weighted by Crippen LogP contribution is 2.34. The molecule has 24 heavy (non-hydrogen) atoms. The first-order chi connectivity index (χ1) is 11.4. The van der Waals surface area contributed by atoms with Crippen LogP contribution in [0.1, 0.15) is 17.0 Å². The van der Waals surface area contributed by atoms with E-state index in [1.165, 1.54) is 16.4 Å². The lowest BCUT2D eigenvalue weighted by atomic mass is 10.1. The number of hydrogen-bond acceptors (Lipinski definition) is 4. The Balaban J connectivity index is 1.89. The fourth-order valence-corrected chi connectivity index (χ4v) is 4.96. The molecule has 3 heterocycles. The van der Waals surface area contributed by atoms with Gasteiger partial charge < -0.3 is 0 Å². The number of nitrogens with one attached hydrogen (secondary N) is 1. The summed E-state index contributed by atoms with van der Waals surface area (Å²) in [5.41, 5.74) is 2.20. The van der Waals surface area contributed by atoms with Crippen molar-refractivity contribution in [2.75, 3.05) is 10.8 Å². The van der Waals surface area contributed by atoms with Crippen LogP contribution in [-0.2, 0) is 16.4 Å². The molecule has 1 aromatic carbocycles. The zero-order valence-corrected chi connectivity index (χ0v) is 14.0. The van der Waals surface area contributed by atoms with Crippen LogP contribution in [-0.4, -0.2) is 30.1 Å². The van der Waals surface area contributed by atoms with Crippen molar-refractivity contribution in [1.29, 1.82) is 0 Å². The number of aryl methyl sites for hydroxylation is 2. The number of sulfonamides is 1. The normalized spacial score (nSPS) is 14.4. The average Bonchev–Trinajstić information content (AvgIpc) is 3.08. The van der Waals surface area contributed by atoms with Gasteiger partial charge in [-0.2, -0.15) is 5.10 Å². The van der Waals surface area contributed by atoms with E-state index >= 15 is 0 Å². The second-order valence-electron chi connectivity index (χ2n) is 5.90. The van der Waals surface area contributed by atoms with Gasteiger partial charge in [0.15, 0.2) is 0 Å². The summed E-state index contributed by atoms with van der Waals surface area (Å²) in [6.45, 7) is 3.64. The number of fused-ring (bicyclic) bond motifs is 2. The van der Waals surface area contributed by atoms with E-state index in [0.29, 0.717) is 35.7 Å². The van der Waals surface area contributed by atoms with Crippen LogP contribution in [0.2, 0.25) is 0 Å². The molecule has 0 bridgehead atoms. The number of hydrogen-bond donors (Lipinski definition) is 1. The summed E-state index contributed by atoms with van der Waals surface area (Å²) in [7, 11) is -3.77. The smallest absolute Gasteiger partial charge is 0.269 e. The largest absolute Gasteiger partial charge is 0.281 e. The first-order valence-corrected chi connectivity index (χ1v) is 8.95. The van der Waals surface area contributed by atoms with Crippen molar-refractivity contribution in [3.05, 3.63) is 47.0 Å². The lowest BCUT2D eigenvalue weighted by molar-refractivity contribution is 0.591. The van der Waals surface area contributed by atoms with Crippen LogP contribution in [0.3, 0.4) is 0 Å². The van der Waals surface area contributed by atoms with Gasteiger partial charge in [-0.3, -0.25) is 5.10 Å². The van der Waals surface area contributed by atoms with Crippen LogP contribution < -0.4 is 4.31 Å². The molecule has 1 aliphatic rings. The molecule has 0 radical (unpaired) electrons. The van der Waals surface area contributed by atoms with Crippen molar-refractivity contribution in [1.82, 2.24) is 15.2 Å². The van der Waals surface area contributed by atoms with Crippen LogP contribution in [0.15, 0.2) is 29.2 Å². The third-order valence-electron chi connectivity index (χ3n) is 4.26. The number of anilines is 1. The summed E-state index contributed by atoms with van der Waals surface area (Å²) in [4.78, 5) is 4.59. The molecule has 8 heteroatoms. The van der Waals surface area contributed by atoms with E-state index in [1.54, 1.807) is 19.9 Å². The van der Waals surface area contributed by atoms with E-state index in [2.05, 4.69) is 15.2 Å². The Hall–Kier alpha value is -2.48. The van der Waals surface area contributed by atoms with Gasteiger partial charge in [0.05, 0.1) is 16.9 Å². The molecule has 4 rings (SSSR count). The zero-order valence-electron chi connectivity index (χ0n) is 13.2. The Morgan fingerprint density at radius 3 is 2.75 bits per heavy atom. The van der Waals surface area contributed by atoms with Crippen molar-refractivity contribution in [3.63, 3.8) is 0 Å². The third-order valence-corrected chi connectivity index (χ3v) is 6.32. The Morgan fingerprint density at radius 1 is 1.25 bits per heavy atom. The van der Waals surface area contributed by atoms with Gasteiger partial charge >= 0.3 is 0 Å². The number of aromatic nitrogens is 3. The summed E-state index contributed by atoms with van der Waals surface area (Å²) in [5, 5.41) is 7.47. The topological polar surface area (TPSA) is 79.0 Å². The molecule has 0 aliphatic carbocycles. The van der Waals surface area contributed by atoms with E-state index < -0.39 is 15.8 Å². The number of aromatic amines is 1. The predicted octanol–water partition coefficient (Wildman–Crippen LogP) is 2.47. The molecular weight excluding hydrogens is 331 g/mol. The molecule has 1 N–H and O–H groups in total. The minimum atomic E-state index is -3.77. The Bertz CT molecular complexity index is 1060. The van der Waals surface area contributed by atoms with Crippen molar-refractivity contribution in [3.8, 4) is 0 Å². The molecule has 2 aromatic heterocycles. The molecular formula is C16H15FN4O2S. The van der Waals surface area contributed by atoms with Gasteiger partial charge in [0.2, 0.25) is 0 Å². The second-order valence-corrected chi connectivity index (χ2v) is 7.70. The van der Waals surface area contributed by atoms with Gasteiger partial charge in [-0.1, -0.05) is 0 Å². The van der Waals surface area contributed by atoms with Crippen LogP contribution in [0.4, 0.5) is 10.2 Å². The van der Waals surface area contributed by atoms with E-state index in [1.807, 2.05) is 6.07 Å². The maximum Gasteiger partial charge on any atom is 0.269 e. The maximum atomic E-state index is 13.5. The van der Waals surface area contributed by atoms with Crippen molar-refractivity contribution >= 4 is 26.7 Å². The number of nitrogens with zero attached hydrogens (tertiary/aromatic N) is 3. The molecule has 124 valence electrons. The van der Waals surface area contributed by atoms with Gasteiger partial charge in [0.1, 0.15) is 16.5 Å². The monoisotopic (exact) mass is 346 g/mol. The van der Waals surface area contributed by atoms with Gasteiger partial charge in [-0.05, 0) is 44.0 Å². The molecule has 0 saturated carbocycles. The predicted molar refractivity (Wildman–Crippen MR) is 88.0 cm³/mol. The quantitative estimate of drug-likeness (QED) is 0.773. The zero-order chi connectivity index (χ0) is 17.1. The van der Waals surface area contributed by atoms with Crippen LogP contribution in [0.25, 0.3) is 10.9 Å². The summed E-state index contributed by atoms with van der Waals surface area (Å²) in [5.74, 6) is -0.0306. The van der Waals surface area contributed by atoms with E-state index in [9.17, 15) is 12.8 Å². The van der Waals surface area contributed by atoms with Crippen molar-refractivity contribution < 1.29 is 12.8 Å². The highest BCUT2D eigenvalue weighted by molar-refractivity contribution is 7.93. The Labute approximate surface area is 138 Å². The molecule has 0 spiro atoms. The molecule has 6 nitrogen and oxygen atoms in total. The highest BCUT2D eigenvalue weighted by Gasteiger charge is 2.35. The number of pyridine rings is 1. The molecule has 0 fully saturated rings. The minimum absolute atomic E-state index is 0.177. The fraction of sp³-hybridized carbons (Fsp3) is 0.250. The molecule has 0 atom stereocenters. The second kappa shape index (κ2) is 5.01. The van der Waals surface area contributed by atoms with Gasteiger partial charge in [-0.25, -0.2) is 22.1 Å². The fourth-order valence-electron chi connectivity index (χ4n) is 3.17. The summed E-state index contributed by atoms with van der Waals surface area (Å²) in [6, 6.07) is 6.21. The van der Waals surface area contributed by atoms with Gasteiger partial charge in [0, 0.05) is 18.0 Å². The van der Waals surface area contributed by atoms with Crippen molar-refractivity contribution in [2.45, 2.75) is 25.2 Å². The lowest BCUT2D eigenvalue weighted by Crippen LogP contribution is -2.30. The van der Waals surface area contributed by atoms with E-state index in [-0.39, 0.29) is 4.90 Å². The molecule has 1 aliphatic heterocycles. The number of halogens is 1. The first-order valence-electron chi connectivity index (χ1n) is 7.51. The van der Waals surface area contributed by atoms with Gasteiger partial charge in [0.25, 0.3) is 10.0 Å². The highest BCUT2D eigenvalue weighted by atomic mass is 32.2. The van der Waals surface area contributed by atoms with Crippen LogP contribution in [0.5, 0.6) is 0 Å². The van der Waals surface area contributed by atoms with Crippen LogP contribution in [0, 0.1) is 19.7 Å². The first kappa shape index (κ1) is 15.1. The third kappa shape index (κ3) is 2.10. The number of benzene rings is 1.